The van der Waals surface area contributed by atoms with Gasteiger partial charge in [0.05, 0.1) is 6.61 Å². The third kappa shape index (κ3) is 3.08. The van der Waals surface area contributed by atoms with E-state index in [9.17, 15) is 0 Å². The average Bonchev–Trinajstić information content (AvgIpc) is 2.14. The van der Waals surface area contributed by atoms with Crippen LogP contribution in [0.1, 0.15) is 20.3 Å². The minimum absolute atomic E-state index is 0.222. The van der Waals surface area contributed by atoms with Crippen molar-refractivity contribution >= 4 is 0 Å². The van der Waals surface area contributed by atoms with Crippen LogP contribution >= 0.6 is 0 Å². The Morgan fingerprint density at radius 2 is 2.29 bits per heavy atom. The summed E-state index contributed by atoms with van der Waals surface area (Å²) in [5.74, 6) is 0. The summed E-state index contributed by atoms with van der Waals surface area (Å²) in [6.07, 6.45) is 1.12. The summed E-state index contributed by atoms with van der Waals surface area (Å²) in [5, 5.41) is 0. The summed E-state index contributed by atoms with van der Waals surface area (Å²) >= 11 is 0. The normalized spacial score (nSPS) is 21.4. The molecule has 0 spiro atoms. The van der Waals surface area contributed by atoms with E-state index in [1.165, 1.54) is 11.1 Å². The molecular formula is C11H22N2O. The standard InChI is InChI=1S/C11H22N2O/c1-9-8-13(6-7-14-3)5-4-11(9)10(2)12/h10H,4-8,12H2,1-3H3. The van der Waals surface area contributed by atoms with E-state index in [0.717, 1.165) is 32.7 Å². The minimum atomic E-state index is 0.222. The molecular weight excluding hydrogens is 176 g/mol. The monoisotopic (exact) mass is 198 g/mol. The van der Waals surface area contributed by atoms with Crippen LogP contribution in [0.3, 0.4) is 0 Å². The van der Waals surface area contributed by atoms with Gasteiger partial charge >= 0.3 is 0 Å². The van der Waals surface area contributed by atoms with E-state index in [4.69, 9.17) is 10.5 Å². The molecule has 1 aliphatic rings. The average molecular weight is 198 g/mol. The highest BCUT2D eigenvalue weighted by Crippen LogP contribution is 2.19. The predicted octanol–water partition coefficient (Wildman–Crippen LogP) is 1.00. The molecule has 0 amide bonds. The summed E-state index contributed by atoms with van der Waals surface area (Å²) in [5.41, 5.74) is 8.79. The number of nitrogens with two attached hydrogens (primary N) is 1. The van der Waals surface area contributed by atoms with Gasteiger partial charge in [-0.1, -0.05) is 11.1 Å². The van der Waals surface area contributed by atoms with Crippen molar-refractivity contribution in [3.05, 3.63) is 11.1 Å². The highest BCUT2D eigenvalue weighted by atomic mass is 16.5. The zero-order valence-electron chi connectivity index (χ0n) is 9.55. The van der Waals surface area contributed by atoms with Crippen LogP contribution in [0.15, 0.2) is 11.1 Å². The van der Waals surface area contributed by atoms with E-state index in [2.05, 4.69) is 18.7 Å². The predicted molar refractivity (Wildman–Crippen MR) is 59.3 cm³/mol. The van der Waals surface area contributed by atoms with Crippen LogP contribution in [-0.2, 0) is 4.74 Å². The van der Waals surface area contributed by atoms with Crippen molar-refractivity contribution in [1.29, 1.82) is 0 Å². The molecule has 1 heterocycles. The second-order valence-corrected chi connectivity index (χ2v) is 4.11. The molecule has 0 aromatic rings. The van der Waals surface area contributed by atoms with Gasteiger partial charge in [-0.2, -0.15) is 0 Å². The fraction of sp³-hybridized carbons (Fsp3) is 0.818. The maximum Gasteiger partial charge on any atom is 0.0589 e. The number of rotatable bonds is 4. The lowest BCUT2D eigenvalue weighted by Gasteiger charge is -2.30. The van der Waals surface area contributed by atoms with Crippen molar-refractivity contribution in [3.8, 4) is 0 Å². The summed E-state index contributed by atoms with van der Waals surface area (Å²) in [7, 11) is 1.75. The quantitative estimate of drug-likeness (QED) is 0.685. The molecule has 0 aliphatic carbocycles. The fourth-order valence-electron chi connectivity index (χ4n) is 2.04. The Morgan fingerprint density at radius 3 is 2.79 bits per heavy atom. The molecule has 3 nitrogen and oxygen atoms in total. The first-order valence-corrected chi connectivity index (χ1v) is 5.30. The number of ether oxygens (including phenoxy) is 1. The molecule has 0 aromatic heterocycles. The number of methoxy groups -OCH3 is 1. The van der Waals surface area contributed by atoms with Crippen molar-refractivity contribution in [2.24, 2.45) is 5.73 Å². The number of hydrogen-bond donors (Lipinski definition) is 1. The Kier molecular flexibility index (Phi) is 4.58. The van der Waals surface area contributed by atoms with Gasteiger partial charge in [0.15, 0.2) is 0 Å². The SMILES string of the molecule is COCCN1CCC(C(C)N)=C(C)C1. The Morgan fingerprint density at radius 1 is 1.57 bits per heavy atom. The molecule has 1 atom stereocenters. The van der Waals surface area contributed by atoms with Gasteiger partial charge in [-0.05, 0) is 20.3 Å². The lowest BCUT2D eigenvalue weighted by molar-refractivity contribution is 0.150. The van der Waals surface area contributed by atoms with Crippen molar-refractivity contribution in [3.63, 3.8) is 0 Å². The van der Waals surface area contributed by atoms with Gasteiger partial charge in [0, 0.05) is 32.8 Å². The van der Waals surface area contributed by atoms with Crippen LogP contribution in [0.5, 0.6) is 0 Å². The van der Waals surface area contributed by atoms with Gasteiger partial charge in [-0.3, -0.25) is 4.90 Å². The van der Waals surface area contributed by atoms with Gasteiger partial charge in [0.25, 0.3) is 0 Å². The van der Waals surface area contributed by atoms with E-state index >= 15 is 0 Å². The molecule has 0 bridgehead atoms. The van der Waals surface area contributed by atoms with Gasteiger partial charge in [0.2, 0.25) is 0 Å². The third-order valence-electron chi connectivity index (χ3n) is 2.87. The Bertz CT molecular complexity index is 211. The third-order valence-corrected chi connectivity index (χ3v) is 2.87. The molecule has 82 valence electrons. The zero-order valence-corrected chi connectivity index (χ0v) is 9.55. The molecule has 2 N–H and O–H groups in total. The molecule has 0 saturated carbocycles. The maximum absolute atomic E-state index is 5.90. The molecule has 1 unspecified atom stereocenters. The topological polar surface area (TPSA) is 38.5 Å². The van der Waals surface area contributed by atoms with Crippen molar-refractivity contribution in [1.82, 2.24) is 4.90 Å². The lowest BCUT2D eigenvalue weighted by atomic mass is 9.96. The second kappa shape index (κ2) is 5.49. The molecule has 1 aliphatic heterocycles. The van der Waals surface area contributed by atoms with E-state index in [1.807, 2.05) is 0 Å². The highest BCUT2D eigenvalue weighted by Gasteiger charge is 2.17. The molecule has 14 heavy (non-hydrogen) atoms. The molecule has 0 aromatic carbocycles. The van der Waals surface area contributed by atoms with Gasteiger partial charge in [0.1, 0.15) is 0 Å². The number of nitrogens with zero attached hydrogens (tertiary/aromatic N) is 1. The van der Waals surface area contributed by atoms with E-state index in [1.54, 1.807) is 7.11 Å². The summed E-state index contributed by atoms with van der Waals surface area (Å²) in [6, 6.07) is 0.222. The first-order valence-electron chi connectivity index (χ1n) is 5.30. The minimum Gasteiger partial charge on any atom is -0.383 e. The molecule has 0 fully saturated rings. The van der Waals surface area contributed by atoms with Crippen LogP contribution in [0.4, 0.5) is 0 Å². The Labute approximate surface area is 86.9 Å². The van der Waals surface area contributed by atoms with Crippen molar-refractivity contribution < 1.29 is 4.74 Å². The molecule has 1 rings (SSSR count). The first kappa shape index (κ1) is 11.7. The van der Waals surface area contributed by atoms with Crippen LogP contribution < -0.4 is 5.73 Å². The number of hydrogen-bond acceptors (Lipinski definition) is 3. The van der Waals surface area contributed by atoms with Crippen LogP contribution in [-0.4, -0.2) is 44.3 Å². The van der Waals surface area contributed by atoms with E-state index in [-0.39, 0.29) is 6.04 Å². The van der Waals surface area contributed by atoms with Gasteiger partial charge < -0.3 is 10.5 Å². The molecule has 3 heteroatoms. The fourth-order valence-corrected chi connectivity index (χ4v) is 2.04. The van der Waals surface area contributed by atoms with Gasteiger partial charge in [-0.15, -0.1) is 0 Å². The van der Waals surface area contributed by atoms with Gasteiger partial charge in [-0.25, -0.2) is 0 Å². The first-order chi connectivity index (χ1) is 6.65. The molecule has 0 saturated heterocycles. The van der Waals surface area contributed by atoms with Crippen molar-refractivity contribution in [2.45, 2.75) is 26.3 Å². The summed E-state index contributed by atoms with van der Waals surface area (Å²) in [4.78, 5) is 2.42. The highest BCUT2D eigenvalue weighted by molar-refractivity contribution is 5.21. The lowest BCUT2D eigenvalue weighted by Crippen LogP contribution is -2.36. The smallest absolute Gasteiger partial charge is 0.0589 e. The Hall–Kier alpha value is -0.380. The van der Waals surface area contributed by atoms with Crippen LogP contribution in [0.25, 0.3) is 0 Å². The molecule has 0 radical (unpaired) electrons. The second-order valence-electron chi connectivity index (χ2n) is 4.11. The van der Waals surface area contributed by atoms with E-state index in [0.29, 0.717) is 0 Å². The largest absolute Gasteiger partial charge is 0.383 e. The maximum atomic E-state index is 5.90. The van der Waals surface area contributed by atoms with Crippen LogP contribution in [0.2, 0.25) is 0 Å². The van der Waals surface area contributed by atoms with E-state index < -0.39 is 0 Å². The summed E-state index contributed by atoms with van der Waals surface area (Å²) < 4.78 is 5.07. The van der Waals surface area contributed by atoms with Crippen molar-refractivity contribution in [2.75, 3.05) is 33.4 Å². The van der Waals surface area contributed by atoms with Crippen LogP contribution in [0, 0.1) is 0 Å². The summed E-state index contributed by atoms with van der Waals surface area (Å²) in [6.45, 7) is 8.29. The zero-order chi connectivity index (χ0) is 10.6. The Balaban J connectivity index is 2.47.